The van der Waals surface area contributed by atoms with Gasteiger partial charge < -0.3 is 5.11 Å². The van der Waals surface area contributed by atoms with Crippen LogP contribution in [0.15, 0.2) is 23.1 Å². The number of unbranched alkanes of at least 4 members (excludes halogenated alkanes) is 1. The number of rotatable bonds is 4. The molecule has 0 saturated heterocycles. The Hall–Kier alpha value is -0.551. The molecule has 95 valence electrons. The van der Waals surface area contributed by atoms with Crippen LogP contribution in [0.25, 0.3) is 0 Å². The molecule has 2 N–H and O–H groups in total. The number of hydrogen-bond donors (Lipinski definition) is 2. The van der Waals surface area contributed by atoms with Gasteiger partial charge in [-0.15, -0.1) is 0 Å². The van der Waals surface area contributed by atoms with Gasteiger partial charge in [-0.3, -0.25) is 4.55 Å². The van der Waals surface area contributed by atoms with E-state index >= 15 is 0 Å². The van der Waals surface area contributed by atoms with E-state index in [4.69, 9.17) is 4.55 Å². The first-order valence-electron chi connectivity index (χ1n) is 4.74. The predicted octanol–water partition coefficient (Wildman–Crippen LogP) is 1.98. The van der Waals surface area contributed by atoms with Crippen molar-refractivity contribution in [2.75, 3.05) is 0 Å². The Kier molecular flexibility index (Phi) is 6.04. The van der Waals surface area contributed by atoms with Crippen LogP contribution in [0.4, 0.5) is 0 Å². The molecule has 0 spiro atoms. The van der Waals surface area contributed by atoms with Gasteiger partial charge in [0.05, 0.1) is 0 Å². The summed E-state index contributed by atoms with van der Waals surface area (Å²) in [6.45, 7) is 2.03. The zero-order valence-electron chi connectivity index (χ0n) is 8.77. The van der Waals surface area contributed by atoms with Crippen molar-refractivity contribution in [3.05, 3.63) is 23.8 Å². The van der Waals surface area contributed by atoms with Crippen LogP contribution in [-0.2, 0) is 33.6 Å². The van der Waals surface area contributed by atoms with Crippen LogP contribution >= 0.6 is 0 Å². The molecule has 6 heteroatoms. The average Bonchev–Trinajstić information content (AvgIpc) is 2.15. The Morgan fingerprint density at radius 3 is 2.44 bits per heavy atom. The van der Waals surface area contributed by atoms with Crippen LogP contribution in [0.2, 0.25) is 0 Å². The van der Waals surface area contributed by atoms with Gasteiger partial charge in [-0.2, -0.15) is 8.42 Å². The number of phenols is 1. The molecule has 1 aromatic carbocycles. The van der Waals surface area contributed by atoms with E-state index in [1.165, 1.54) is 12.1 Å². The third kappa shape index (κ3) is 4.14. The van der Waals surface area contributed by atoms with Gasteiger partial charge in [0.15, 0.2) is 0 Å². The van der Waals surface area contributed by atoms with Crippen molar-refractivity contribution >= 4 is 10.1 Å². The average molecular weight is 294 g/mol. The van der Waals surface area contributed by atoms with Gasteiger partial charge in [-0.05, 0) is 30.5 Å². The Bertz CT molecular complexity index is 442. The summed E-state index contributed by atoms with van der Waals surface area (Å²) in [6.07, 6.45) is 2.68. The first kappa shape index (κ1) is 15.4. The van der Waals surface area contributed by atoms with Crippen LogP contribution in [0.5, 0.6) is 5.75 Å². The summed E-state index contributed by atoms with van der Waals surface area (Å²) in [5.41, 5.74) is 0.794. The minimum absolute atomic E-state index is 0. The fourth-order valence-corrected chi connectivity index (χ4v) is 1.93. The van der Waals surface area contributed by atoms with Crippen molar-refractivity contribution in [1.82, 2.24) is 0 Å². The molecule has 1 rings (SSSR count). The molecule has 0 atom stereocenters. The van der Waals surface area contributed by atoms with Gasteiger partial charge in [0.1, 0.15) is 10.6 Å². The molecule has 0 heterocycles. The van der Waals surface area contributed by atoms with E-state index in [1.807, 2.05) is 6.92 Å². The SMILES string of the molecule is CCCCc1ccc(O)c(S(=O)(=O)O)c1.[Cu]. The van der Waals surface area contributed by atoms with Crippen LogP contribution < -0.4 is 0 Å². The number of aryl methyl sites for hydroxylation is 1. The van der Waals surface area contributed by atoms with Crippen LogP contribution in [0.3, 0.4) is 0 Å². The van der Waals surface area contributed by atoms with Gasteiger partial charge in [-0.25, -0.2) is 0 Å². The van der Waals surface area contributed by atoms with Gasteiger partial charge in [0.25, 0.3) is 10.1 Å². The molecule has 0 aliphatic heterocycles. The summed E-state index contributed by atoms with van der Waals surface area (Å²) in [5.74, 6) is -0.419. The minimum Gasteiger partial charge on any atom is -0.506 e. The number of benzene rings is 1. The second kappa shape index (κ2) is 6.25. The number of phenolic OH excluding ortho intramolecular Hbond substituents is 1. The van der Waals surface area contributed by atoms with Gasteiger partial charge in [0.2, 0.25) is 0 Å². The van der Waals surface area contributed by atoms with Gasteiger partial charge in [-0.1, -0.05) is 19.4 Å². The van der Waals surface area contributed by atoms with E-state index in [2.05, 4.69) is 0 Å². The van der Waals surface area contributed by atoms with E-state index in [-0.39, 0.29) is 17.1 Å². The van der Waals surface area contributed by atoms with Gasteiger partial charge >= 0.3 is 0 Å². The van der Waals surface area contributed by atoms with Crippen molar-refractivity contribution in [1.29, 1.82) is 0 Å². The molecule has 1 radical (unpaired) electrons. The van der Waals surface area contributed by atoms with Crippen molar-refractivity contribution in [3.63, 3.8) is 0 Å². The Labute approximate surface area is 106 Å². The maximum absolute atomic E-state index is 10.9. The number of aromatic hydroxyl groups is 1. The summed E-state index contributed by atoms with van der Waals surface area (Å²) >= 11 is 0. The molecule has 0 amide bonds. The van der Waals surface area contributed by atoms with Crippen molar-refractivity contribution in [3.8, 4) is 5.75 Å². The standard InChI is InChI=1S/C10H14O4S.Cu/c1-2-3-4-8-5-6-9(11)10(7-8)15(12,13)14;/h5-7,11H,2-4H2,1H3,(H,12,13,14);. The zero-order chi connectivity index (χ0) is 11.5. The van der Waals surface area contributed by atoms with E-state index < -0.39 is 20.8 Å². The maximum Gasteiger partial charge on any atom is 0.298 e. The first-order valence-corrected chi connectivity index (χ1v) is 6.18. The molecule has 0 aliphatic carbocycles. The van der Waals surface area contributed by atoms with Crippen LogP contribution in [0.1, 0.15) is 25.3 Å². The predicted molar refractivity (Wildman–Crippen MR) is 56.5 cm³/mol. The smallest absolute Gasteiger partial charge is 0.298 e. The van der Waals surface area contributed by atoms with E-state index in [0.717, 1.165) is 24.8 Å². The largest absolute Gasteiger partial charge is 0.506 e. The number of hydrogen-bond acceptors (Lipinski definition) is 3. The fraction of sp³-hybridized carbons (Fsp3) is 0.400. The monoisotopic (exact) mass is 293 g/mol. The Balaban J connectivity index is 0.00000225. The molecule has 0 bridgehead atoms. The van der Waals surface area contributed by atoms with Crippen molar-refractivity contribution < 1.29 is 35.1 Å². The molecule has 0 unspecified atom stereocenters. The molecule has 0 fully saturated rings. The summed E-state index contributed by atoms with van der Waals surface area (Å²) in [7, 11) is -4.33. The Morgan fingerprint density at radius 2 is 1.94 bits per heavy atom. The fourth-order valence-electron chi connectivity index (χ4n) is 1.30. The van der Waals surface area contributed by atoms with E-state index in [1.54, 1.807) is 6.07 Å². The minimum atomic E-state index is -4.33. The van der Waals surface area contributed by atoms with Crippen LogP contribution in [0, 0.1) is 0 Å². The Morgan fingerprint density at radius 1 is 1.31 bits per heavy atom. The van der Waals surface area contributed by atoms with Crippen molar-refractivity contribution in [2.45, 2.75) is 31.1 Å². The third-order valence-corrected chi connectivity index (χ3v) is 3.00. The van der Waals surface area contributed by atoms with E-state index in [9.17, 15) is 13.5 Å². The first-order chi connectivity index (χ1) is 6.95. The second-order valence-electron chi connectivity index (χ2n) is 3.38. The van der Waals surface area contributed by atoms with Crippen LogP contribution in [-0.4, -0.2) is 18.1 Å². The summed E-state index contributed by atoms with van der Waals surface area (Å²) in [4.78, 5) is -0.420. The summed E-state index contributed by atoms with van der Waals surface area (Å²) < 4.78 is 30.6. The molecular weight excluding hydrogens is 280 g/mol. The summed E-state index contributed by atoms with van der Waals surface area (Å²) in [6, 6.07) is 4.24. The normalized spacial score (nSPS) is 10.9. The molecule has 1 aromatic rings. The molecule has 0 aromatic heterocycles. The quantitative estimate of drug-likeness (QED) is 0.657. The van der Waals surface area contributed by atoms with Gasteiger partial charge in [0, 0.05) is 17.1 Å². The molecule has 16 heavy (non-hydrogen) atoms. The summed E-state index contributed by atoms with van der Waals surface area (Å²) in [5, 5.41) is 9.26. The van der Waals surface area contributed by atoms with Crippen molar-refractivity contribution in [2.24, 2.45) is 0 Å². The third-order valence-electron chi connectivity index (χ3n) is 2.12. The second-order valence-corrected chi connectivity index (χ2v) is 4.77. The zero-order valence-corrected chi connectivity index (χ0v) is 10.5. The van der Waals surface area contributed by atoms with E-state index in [0.29, 0.717) is 0 Å². The molecular formula is C10H14CuO4S. The maximum atomic E-state index is 10.9. The topological polar surface area (TPSA) is 74.6 Å². The molecule has 0 saturated carbocycles. The molecule has 4 nitrogen and oxygen atoms in total. The molecule has 0 aliphatic rings.